The van der Waals surface area contributed by atoms with E-state index in [1.807, 2.05) is 0 Å². The Balaban J connectivity index is 0.00000400. The average molecular weight is 335 g/mol. The van der Waals surface area contributed by atoms with E-state index in [0.717, 1.165) is 0 Å². The van der Waals surface area contributed by atoms with Gasteiger partial charge in [0, 0.05) is 10.7 Å². The molecule has 1 rings (SSSR count). The second-order valence-corrected chi connectivity index (χ2v) is 4.25. The summed E-state index contributed by atoms with van der Waals surface area (Å²) in [6, 6.07) is 6.56. The van der Waals surface area contributed by atoms with Gasteiger partial charge in [-0.25, -0.2) is 0 Å². The summed E-state index contributed by atoms with van der Waals surface area (Å²) in [5.74, 6) is -1.30. The molecule has 0 spiro atoms. The van der Waals surface area contributed by atoms with Gasteiger partial charge in [0.25, 0.3) is 0 Å². The normalized spacial score (nSPS) is 9.24. The molecule has 0 aromatic heterocycles. The summed E-state index contributed by atoms with van der Waals surface area (Å²) in [5, 5.41) is 7.79. The number of hydrogen-bond acceptors (Lipinski definition) is 4. The van der Waals surface area contributed by atoms with Gasteiger partial charge in [-0.15, -0.1) is 12.4 Å². The van der Waals surface area contributed by atoms with Crippen molar-refractivity contribution in [3.63, 3.8) is 0 Å². The van der Waals surface area contributed by atoms with Gasteiger partial charge in [0.2, 0.25) is 17.7 Å². The van der Waals surface area contributed by atoms with E-state index in [-0.39, 0.29) is 37.9 Å². The molecule has 0 fully saturated rings. The predicted molar refractivity (Wildman–Crippen MR) is 82.4 cm³/mol. The Hall–Kier alpha value is -1.83. The summed E-state index contributed by atoms with van der Waals surface area (Å²) in [6.45, 7) is -0.603. The number of carbonyl (C=O) groups excluding carboxylic acids is 3. The van der Waals surface area contributed by atoms with Gasteiger partial charge in [-0.1, -0.05) is 11.6 Å². The summed E-state index contributed by atoms with van der Waals surface area (Å²) >= 11 is 5.71. The maximum Gasteiger partial charge on any atom is 0.243 e. The minimum atomic E-state index is -0.474. The van der Waals surface area contributed by atoms with Crippen LogP contribution in [0, 0.1) is 0 Å². The summed E-state index contributed by atoms with van der Waals surface area (Å²) in [4.78, 5) is 33.6. The van der Waals surface area contributed by atoms with Crippen LogP contribution >= 0.6 is 24.0 Å². The zero-order valence-electron chi connectivity index (χ0n) is 11.0. The molecule has 0 atom stereocenters. The van der Waals surface area contributed by atoms with Crippen molar-refractivity contribution in [3.8, 4) is 0 Å². The van der Waals surface area contributed by atoms with Crippen molar-refractivity contribution in [1.82, 2.24) is 10.6 Å². The van der Waals surface area contributed by atoms with E-state index in [1.54, 1.807) is 24.3 Å². The van der Waals surface area contributed by atoms with Gasteiger partial charge in [-0.3, -0.25) is 14.4 Å². The third kappa shape index (κ3) is 8.13. The lowest BCUT2D eigenvalue weighted by Crippen LogP contribution is -2.41. The third-order valence-electron chi connectivity index (χ3n) is 2.21. The molecule has 1 aromatic carbocycles. The van der Waals surface area contributed by atoms with Crippen molar-refractivity contribution in [2.45, 2.75) is 0 Å². The van der Waals surface area contributed by atoms with Crippen molar-refractivity contribution in [1.29, 1.82) is 0 Å². The molecule has 0 aliphatic rings. The molecule has 0 saturated carbocycles. The van der Waals surface area contributed by atoms with E-state index < -0.39 is 11.8 Å². The first-order valence-electron chi connectivity index (χ1n) is 5.80. The lowest BCUT2D eigenvalue weighted by atomic mass is 10.3. The Morgan fingerprint density at radius 2 is 1.48 bits per heavy atom. The van der Waals surface area contributed by atoms with Crippen molar-refractivity contribution >= 4 is 47.4 Å². The van der Waals surface area contributed by atoms with Crippen molar-refractivity contribution in [2.75, 3.05) is 25.0 Å². The van der Waals surface area contributed by atoms with Crippen LogP contribution in [-0.4, -0.2) is 37.4 Å². The van der Waals surface area contributed by atoms with Crippen LogP contribution in [-0.2, 0) is 14.4 Å². The summed E-state index contributed by atoms with van der Waals surface area (Å²) < 4.78 is 0. The second-order valence-electron chi connectivity index (χ2n) is 3.81. The predicted octanol–water partition coefficient (Wildman–Crippen LogP) is -0.109. The van der Waals surface area contributed by atoms with E-state index in [1.165, 1.54) is 0 Å². The first kappa shape index (κ1) is 19.2. The van der Waals surface area contributed by atoms with E-state index in [2.05, 4.69) is 16.0 Å². The van der Waals surface area contributed by atoms with Gasteiger partial charge >= 0.3 is 0 Å². The molecule has 7 nitrogen and oxygen atoms in total. The quantitative estimate of drug-likeness (QED) is 0.581. The van der Waals surface area contributed by atoms with Gasteiger partial charge < -0.3 is 21.7 Å². The van der Waals surface area contributed by atoms with Crippen LogP contribution in [0.4, 0.5) is 5.69 Å². The SMILES string of the molecule is Cl.NCC(=O)NCC(=O)NCC(=O)Nc1ccc(Cl)cc1. The lowest BCUT2D eigenvalue weighted by Gasteiger charge is -2.07. The smallest absolute Gasteiger partial charge is 0.243 e. The molecule has 9 heteroatoms. The van der Waals surface area contributed by atoms with Gasteiger partial charge in [0.05, 0.1) is 19.6 Å². The van der Waals surface area contributed by atoms with Gasteiger partial charge in [0.15, 0.2) is 0 Å². The van der Waals surface area contributed by atoms with Crippen LogP contribution in [0.3, 0.4) is 0 Å². The largest absolute Gasteiger partial charge is 0.346 e. The number of hydrogen-bond donors (Lipinski definition) is 4. The van der Waals surface area contributed by atoms with E-state index in [9.17, 15) is 14.4 Å². The molecule has 0 unspecified atom stereocenters. The van der Waals surface area contributed by atoms with Crippen LogP contribution in [0.15, 0.2) is 24.3 Å². The maximum absolute atomic E-state index is 11.5. The van der Waals surface area contributed by atoms with E-state index >= 15 is 0 Å². The number of carbonyl (C=O) groups is 3. The van der Waals surface area contributed by atoms with Crippen LogP contribution < -0.4 is 21.7 Å². The van der Waals surface area contributed by atoms with Gasteiger partial charge in [-0.2, -0.15) is 0 Å². The minimum absolute atomic E-state index is 0. The Bertz CT molecular complexity index is 494. The molecule has 3 amide bonds. The first-order valence-corrected chi connectivity index (χ1v) is 6.18. The number of nitrogens with two attached hydrogens (primary N) is 1. The average Bonchev–Trinajstić information content (AvgIpc) is 2.45. The van der Waals surface area contributed by atoms with Crippen LogP contribution in [0.2, 0.25) is 5.02 Å². The molecular weight excluding hydrogens is 319 g/mol. The zero-order chi connectivity index (χ0) is 15.0. The van der Waals surface area contributed by atoms with E-state index in [4.69, 9.17) is 17.3 Å². The molecule has 5 N–H and O–H groups in total. The molecule has 116 valence electrons. The number of rotatable bonds is 6. The Morgan fingerprint density at radius 1 is 0.952 bits per heavy atom. The topological polar surface area (TPSA) is 113 Å². The van der Waals surface area contributed by atoms with Gasteiger partial charge in [0.1, 0.15) is 0 Å². The fourth-order valence-corrected chi connectivity index (χ4v) is 1.36. The Labute approximate surface area is 133 Å². The molecule has 0 radical (unpaired) electrons. The number of benzene rings is 1. The molecule has 1 aromatic rings. The lowest BCUT2D eigenvalue weighted by molar-refractivity contribution is -0.126. The molecule has 21 heavy (non-hydrogen) atoms. The highest BCUT2D eigenvalue weighted by molar-refractivity contribution is 6.30. The van der Waals surface area contributed by atoms with Crippen LogP contribution in [0.5, 0.6) is 0 Å². The molecular formula is C12H16Cl2N4O3. The highest BCUT2D eigenvalue weighted by Crippen LogP contribution is 2.12. The molecule has 0 aliphatic heterocycles. The number of amides is 3. The number of halogens is 2. The summed E-state index contributed by atoms with van der Waals surface area (Å²) in [6.07, 6.45) is 0. The molecule has 0 heterocycles. The third-order valence-corrected chi connectivity index (χ3v) is 2.46. The fourth-order valence-electron chi connectivity index (χ4n) is 1.23. The number of nitrogens with one attached hydrogen (secondary N) is 3. The monoisotopic (exact) mass is 334 g/mol. The second kappa shape index (κ2) is 9.98. The first-order chi connectivity index (χ1) is 9.51. The summed E-state index contributed by atoms with van der Waals surface area (Å²) in [5.41, 5.74) is 5.63. The highest BCUT2D eigenvalue weighted by Gasteiger charge is 2.07. The maximum atomic E-state index is 11.5. The van der Waals surface area contributed by atoms with E-state index in [0.29, 0.717) is 10.7 Å². The molecule has 0 saturated heterocycles. The van der Waals surface area contributed by atoms with Crippen molar-refractivity contribution in [3.05, 3.63) is 29.3 Å². The Kier molecular flexibility index (Phi) is 9.11. The van der Waals surface area contributed by atoms with Crippen LogP contribution in [0.1, 0.15) is 0 Å². The minimum Gasteiger partial charge on any atom is -0.346 e. The Morgan fingerprint density at radius 3 is 2.05 bits per heavy atom. The zero-order valence-corrected chi connectivity index (χ0v) is 12.6. The number of anilines is 1. The highest BCUT2D eigenvalue weighted by atomic mass is 35.5. The standard InChI is InChI=1S/C12H15ClN4O3.ClH/c13-8-1-3-9(4-2-8)17-12(20)7-16-11(19)6-15-10(18)5-14;/h1-4H,5-7,14H2,(H,15,18)(H,16,19)(H,17,20);1H. The summed E-state index contributed by atoms with van der Waals surface area (Å²) in [7, 11) is 0. The fraction of sp³-hybridized carbons (Fsp3) is 0.250. The van der Waals surface area contributed by atoms with Crippen molar-refractivity contribution in [2.24, 2.45) is 5.73 Å². The van der Waals surface area contributed by atoms with Crippen LogP contribution in [0.25, 0.3) is 0 Å². The van der Waals surface area contributed by atoms with Gasteiger partial charge in [-0.05, 0) is 24.3 Å². The molecule has 0 bridgehead atoms. The molecule has 0 aliphatic carbocycles. The van der Waals surface area contributed by atoms with Crippen molar-refractivity contribution < 1.29 is 14.4 Å².